The second-order valence-corrected chi connectivity index (χ2v) is 6.20. The third-order valence-electron chi connectivity index (χ3n) is 3.76. The molecule has 0 bridgehead atoms. The summed E-state index contributed by atoms with van der Waals surface area (Å²) in [6, 6.07) is 13.1. The van der Waals surface area contributed by atoms with E-state index in [9.17, 15) is 19.8 Å². The number of rotatable bonds is 10. The van der Waals surface area contributed by atoms with E-state index < -0.39 is 0 Å². The predicted octanol–water partition coefficient (Wildman–Crippen LogP) is 2.80. The molecule has 2 aromatic carbocycles. The van der Waals surface area contributed by atoms with Crippen molar-refractivity contribution in [3.05, 3.63) is 59.7 Å². The van der Waals surface area contributed by atoms with Gasteiger partial charge in [-0.1, -0.05) is 24.3 Å². The molecule has 0 radical (unpaired) electrons. The first-order valence-corrected chi connectivity index (χ1v) is 8.94. The minimum atomic E-state index is -0.231. The lowest BCUT2D eigenvalue weighted by molar-refractivity contribution is -0.121. The van der Waals surface area contributed by atoms with E-state index >= 15 is 0 Å². The first-order valence-electron chi connectivity index (χ1n) is 8.94. The molecule has 2 rings (SSSR count). The first-order chi connectivity index (χ1) is 13.5. The fraction of sp³-hybridized carbons (Fsp3) is 0.238. The van der Waals surface area contributed by atoms with E-state index in [4.69, 9.17) is 0 Å². The van der Waals surface area contributed by atoms with Crippen LogP contribution >= 0.6 is 0 Å². The SMILES string of the molecule is O=C(CCCCC(=O)NN=Cc1cccc(O)c1)CN=Cc1cccc(O)c1. The minimum Gasteiger partial charge on any atom is -0.508 e. The van der Waals surface area contributed by atoms with Gasteiger partial charge in [0.1, 0.15) is 11.5 Å². The number of phenols is 2. The summed E-state index contributed by atoms with van der Waals surface area (Å²) in [4.78, 5) is 27.6. The smallest absolute Gasteiger partial charge is 0.240 e. The Bertz CT molecular complexity index is 791. The molecule has 146 valence electrons. The molecule has 7 nitrogen and oxygen atoms in total. The molecule has 7 heteroatoms. The summed E-state index contributed by atoms with van der Waals surface area (Å²) in [7, 11) is 0. The van der Waals surface area contributed by atoms with Crippen LogP contribution in [0.2, 0.25) is 0 Å². The molecule has 0 saturated carbocycles. The van der Waals surface area contributed by atoms with E-state index in [2.05, 4.69) is 15.5 Å². The molecule has 0 saturated heterocycles. The molecule has 0 aliphatic rings. The summed E-state index contributed by atoms with van der Waals surface area (Å²) in [5.74, 6) is 0.0514. The van der Waals surface area contributed by atoms with Gasteiger partial charge in [0, 0.05) is 19.1 Å². The fourth-order valence-corrected chi connectivity index (χ4v) is 2.38. The highest BCUT2D eigenvalue weighted by molar-refractivity contribution is 5.85. The average molecular weight is 381 g/mol. The number of phenolic OH excluding ortho intramolecular Hbond substituents is 2. The molecule has 0 aromatic heterocycles. The molecule has 28 heavy (non-hydrogen) atoms. The van der Waals surface area contributed by atoms with Crippen LogP contribution < -0.4 is 5.43 Å². The summed E-state index contributed by atoms with van der Waals surface area (Å²) in [5.41, 5.74) is 3.83. The largest absolute Gasteiger partial charge is 0.508 e. The lowest BCUT2D eigenvalue weighted by Gasteiger charge is -2.00. The number of carbonyl (C=O) groups excluding carboxylic acids is 2. The Hall–Kier alpha value is -3.48. The van der Waals surface area contributed by atoms with Crippen molar-refractivity contribution >= 4 is 24.1 Å². The number of hydrazone groups is 1. The fourth-order valence-electron chi connectivity index (χ4n) is 2.38. The predicted molar refractivity (Wildman–Crippen MR) is 108 cm³/mol. The molecule has 0 spiro atoms. The number of Topliss-reactive ketones (excluding diaryl/α,β-unsaturated/α-hetero) is 1. The molecule has 0 atom stereocenters. The standard InChI is InChI=1S/C21H23N3O4/c25-18-8-3-5-16(11-18)13-22-15-20(27)7-1-2-10-21(28)24-23-14-17-6-4-9-19(26)12-17/h3-6,8-9,11-14,25-26H,1-2,7,10,15H2,(H,24,28). The molecule has 0 heterocycles. The second kappa shape index (κ2) is 11.3. The van der Waals surface area contributed by atoms with Crippen molar-refractivity contribution in [3.8, 4) is 11.5 Å². The second-order valence-electron chi connectivity index (χ2n) is 6.20. The van der Waals surface area contributed by atoms with Gasteiger partial charge in [0.25, 0.3) is 0 Å². The quantitative estimate of drug-likeness (QED) is 0.334. The van der Waals surface area contributed by atoms with E-state index in [-0.39, 0.29) is 36.2 Å². The zero-order chi connectivity index (χ0) is 20.2. The molecule has 0 aliphatic carbocycles. The molecule has 1 amide bonds. The van der Waals surface area contributed by atoms with Crippen molar-refractivity contribution in [3.63, 3.8) is 0 Å². The lowest BCUT2D eigenvalue weighted by atomic mass is 10.1. The van der Waals surface area contributed by atoms with Gasteiger partial charge in [-0.2, -0.15) is 5.10 Å². The summed E-state index contributed by atoms with van der Waals surface area (Å²) in [6.45, 7) is 0.0794. The van der Waals surface area contributed by atoms with Gasteiger partial charge in [-0.05, 0) is 48.2 Å². The van der Waals surface area contributed by atoms with Gasteiger partial charge in [-0.15, -0.1) is 0 Å². The topological polar surface area (TPSA) is 111 Å². The Morgan fingerprint density at radius 2 is 1.50 bits per heavy atom. The summed E-state index contributed by atoms with van der Waals surface area (Å²) in [6.07, 6.45) is 4.81. The minimum absolute atomic E-state index is 0.00119. The van der Waals surface area contributed by atoms with E-state index in [0.717, 1.165) is 5.56 Å². The molecule has 0 aliphatic heterocycles. The van der Waals surface area contributed by atoms with Gasteiger partial charge in [0.15, 0.2) is 5.78 Å². The van der Waals surface area contributed by atoms with Crippen molar-refractivity contribution in [2.75, 3.05) is 6.54 Å². The van der Waals surface area contributed by atoms with Gasteiger partial charge in [0.05, 0.1) is 12.8 Å². The van der Waals surface area contributed by atoms with Crippen molar-refractivity contribution in [1.29, 1.82) is 0 Å². The molecular formula is C21H23N3O4. The molecular weight excluding hydrogens is 358 g/mol. The number of hydrogen-bond donors (Lipinski definition) is 3. The third kappa shape index (κ3) is 8.27. The number of nitrogens with zero attached hydrogens (tertiary/aromatic N) is 2. The van der Waals surface area contributed by atoms with Gasteiger partial charge in [0.2, 0.25) is 5.91 Å². The maximum absolute atomic E-state index is 11.8. The van der Waals surface area contributed by atoms with Crippen molar-refractivity contribution < 1.29 is 19.8 Å². The summed E-state index contributed by atoms with van der Waals surface area (Å²) >= 11 is 0. The van der Waals surface area contributed by atoms with Crippen LogP contribution in [0.3, 0.4) is 0 Å². The zero-order valence-electron chi connectivity index (χ0n) is 15.4. The Labute approximate surface area is 163 Å². The number of carbonyl (C=O) groups is 2. The van der Waals surface area contributed by atoms with E-state index in [1.807, 2.05) is 0 Å². The van der Waals surface area contributed by atoms with Gasteiger partial charge < -0.3 is 10.2 Å². The Morgan fingerprint density at radius 1 is 0.893 bits per heavy atom. The number of aliphatic imine (C=N–C) groups is 1. The number of benzene rings is 2. The van der Waals surface area contributed by atoms with Crippen LogP contribution in [0.25, 0.3) is 0 Å². The number of aromatic hydroxyl groups is 2. The van der Waals surface area contributed by atoms with Crippen LogP contribution in [0.4, 0.5) is 0 Å². The third-order valence-corrected chi connectivity index (χ3v) is 3.76. The highest BCUT2D eigenvalue weighted by atomic mass is 16.3. The van der Waals surface area contributed by atoms with Crippen molar-refractivity contribution in [2.24, 2.45) is 10.1 Å². The lowest BCUT2D eigenvalue weighted by Crippen LogP contribution is -2.17. The molecule has 0 fully saturated rings. The van der Waals surface area contributed by atoms with Crippen LogP contribution in [-0.2, 0) is 9.59 Å². The Morgan fingerprint density at radius 3 is 2.14 bits per heavy atom. The number of amides is 1. The first kappa shape index (κ1) is 20.8. The summed E-state index contributed by atoms with van der Waals surface area (Å²) in [5, 5.41) is 22.5. The van der Waals surface area contributed by atoms with Crippen LogP contribution in [-0.4, -0.2) is 40.9 Å². The Balaban J connectivity index is 1.58. The number of hydrogen-bond acceptors (Lipinski definition) is 6. The van der Waals surface area contributed by atoms with E-state index in [1.165, 1.54) is 12.3 Å². The summed E-state index contributed by atoms with van der Waals surface area (Å²) < 4.78 is 0. The van der Waals surface area contributed by atoms with Crippen LogP contribution in [0.5, 0.6) is 11.5 Å². The Kier molecular flexibility index (Phi) is 8.39. The average Bonchev–Trinajstić information content (AvgIpc) is 2.65. The van der Waals surface area contributed by atoms with Crippen LogP contribution in [0.1, 0.15) is 36.8 Å². The zero-order valence-corrected chi connectivity index (χ0v) is 15.4. The number of unbranched alkanes of at least 4 members (excludes halogenated alkanes) is 1. The number of ketones is 1. The monoisotopic (exact) mass is 381 g/mol. The van der Waals surface area contributed by atoms with Crippen molar-refractivity contribution in [1.82, 2.24) is 5.43 Å². The van der Waals surface area contributed by atoms with Crippen LogP contribution in [0.15, 0.2) is 58.6 Å². The van der Waals surface area contributed by atoms with Gasteiger partial charge in [-0.25, -0.2) is 5.43 Å². The highest BCUT2D eigenvalue weighted by Crippen LogP contribution is 2.09. The molecule has 0 unspecified atom stereocenters. The van der Waals surface area contributed by atoms with Crippen LogP contribution in [0, 0.1) is 0 Å². The van der Waals surface area contributed by atoms with E-state index in [0.29, 0.717) is 24.8 Å². The van der Waals surface area contributed by atoms with Gasteiger partial charge >= 0.3 is 0 Å². The van der Waals surface area contributed by atoms with Gasteiger partial charge in [-0.3, -0.25) is 14.6 Å². The van der Waals surface area contributed by atoms with Crippen molar-refractivity contribution in [2.45, 2.75) is 25.7 Å². The maximum atomic E-state index is 11.8. The number of nitrogens with one attached hydrogen (secondary N) is 1. The normalized spacial score (nSPS) is 11.1. The highest BCUT2D eigenvalue weighted by Gasteiger charge is 2.03. The maximum Gasteiger partial charge on any atom is 0.240 e. The van der Waals surface area contributed by atoms with E-state index in [1.54, 1.807) is 48.7 Å². The molecule has 3 N–H and O–H groups in total. The molecule has 2 aromatic rings.